The van der Waals surface area contributed by atoms with Crippen LogP contribution in [0, 0.1) is 0 Å². The molecule has 152 valence electrons. The van der Waals surface area contributed by atoms with Crippen molar-refractivity contribution in [1.82, 2.24) is 15.2 Å². The smallest absolute Gasteiger partial charge is 0.272 e. The van der Waals surface area contributed by atoms with Crippen molar-refractivity contribution < 1.29 is 14.3 Å². The second-order valence-corrected chi connectivity index (χ2v) is 8.15. The molecule has 6 nitrogen and oxygen atoms in total. The molecule has 2 fully saturated rings. The number of rotatable bonds is 5. The molecule has 1 N–H and O–H groups in total. The van der Waals surface area contributed by atoms with Crippen LogP contribution in [0.25, 0.3) is 10.9 Å². The molecule has 30 heavy (non-hydrogen) atoms. The lowest BCUT2D eigenvalue weighted by Crippen LogP contribution is -2.77. The number of carbonyl (C=O) groups is 2. The van der Waals surface area contributed by atoms with E-state index in [9.17, 15) is 9.59 Å². The Morgan fingerprint density at radius 1 is 0.967 bits per heavy atom. The summed E-state index contributed by atoms with van der Waals surface area (Å²) in [6.45, 7) is 0.819. The zero-order chi connectivity index (χ0) is 20.8. The number of carbonyl (C=O) groups excluding carboxylic acids is 2. The van der Waals surface area contributed by atoms with E-state index in [1.807, 2.05) is 48.5 Å². The zero-order valence-corrected chi connectivity index (χ0v) is 16.8. The van der Waals surface area contributed by atoms with E-state index in [-0.39, 0.29) is 11.8 Å². The van der Waals surface area contributed by atoms with Gasteiger partial charge >= 0.3 is 0 Å². The third-order valence-corrected chi connectivity index (χ3v) is 6.38. The summed E-state index contributed by atoms with van der Waals surface area (Å²) in [5, 5.41) is 4.19. The van der Waals surface area contributed by atoms with Gasteiger partial charge in [0.1, 0.15) is 11.2 Å². The number of nitrogens with zero attached hydrogens (tertiary/aromatic N) is 2. The van der Waals surface area contributed by atoms with Crippen molar-refractivity contribution in [2.24, 2.45) is 0 Å². The molecule has 3 aromatic rings. The van der Waals surface area contributed by atoms with E-state index in [4.69, 9.17) is 4.74 Å². The van der Waals surface area contributed by atoms with Crippen molar-refractivity contribution >= 4 is 22.7 Å². The van der Waals surface area contributed by atoms with Crippen LogP contribution in [0.5, 0.6) is 0 Å². The van der Waals surface area contributed by atoms with E-state index >= 15 is 0 Å². The number of para-hydroxylation sites is 1. The second kappa shape index (κ2) is 6.92. The molecule has 5 rings (SSSR count). The van der Waals surface area contributed by atoms with Crippen LogP contribution in [0.3, 0.4) is 0 Å². The van der Waals surface area contributed by atoms with Crippen molar-refractivity contribution in [3.05, 3.63) is 78.0 Å². The number of nitrogens with one attached hydrogen (secondary N) is 1. The Morgan fingerprint density at radius 3 is 2.37 bits per heavy atom. The van der Waals surface area contributed by atoms with Gasteiger partial charge in [0.05, 0.1) is 11.1 Å². The standard InChI is InChI=1S/C24H23N3O3/c1-30-24(13-14-24)23(26-21(28)18-8-3-2-4-9-18)15-27(16-23)22(29)20-12-11-17-7-5-6-10-19(17)25-20/h2-12H,13-16H2,1H3,(H,26,28). The lowest BCUT2D eigenvalue weighted by Gasteiger charge is -2.54. The number of benzene rings is 2. The molecule has 0 unspecified atom stereocenters. The summed E-state index contributed by atoms with van der Waals surface area (Å²) in [5.41, 5.74) is 0.818. The third kappa shape index (κ3) is 2.95. The van der Waals surface area contributed by atoms with Crippen LogP contribution in [0.2, 0.25) is 0 Å². The monoisotopic (exact) mass is 401 g/mol. The van der Waals surface area contributed by atoms with Gasteiger partial charge in [-0.15, -0.1) is 0 Å². The number of hydrogen-bond acceptors (Lipinski definition) is 4. The predicted octanol–water partition coefficient (Wildman–Crippen LogP) is 3.04. The van der Waals surface area contributed by atoms with Gasteiger partial charge in [0.15, 0.2) is 0 Å². The molecule has 2 heterocycles. The Hall–Kier alpha value is -3.25. The fraction of sp³-hybridized carbons (Fsp3) is 0.292. The molecule has 1 saturated heterocycles. The molecule has 1 saturated carbocycles. The molecule has 2 amide bonds. The Morgan fingerprint density at radius 2 is 1.67 bits per heavy atom. The predicted molar refractivity (Wildman–Crippen MR) is 113 cm³/mol. The highest BCUT2D eigenvalue weighted by Gasteiger charge is 2.66. The second-order valence-electron chi connectivity index (χ2n) is 8.15. The van der Waals surface area contributed by atoms with Crippen molar-refractivity contribution in [1.29, 1.82) is 0 Å². The van der Waals surface area contributed by atoms with E-state index in [1.165, 1.54) is 0 Å². The van der Waals surface area contributed by atoms with Crippen molar-refractivity contribution in [3.63, 3.8) is 0 Å². The first-order chi connectivity index (χ1) is 14.6. The topological polar surface area (TPSA) is 71.5 Å². The van der Waals surface area contributed by atoms with Gasteiger partial charge in [0.2, 0.25) is 0 Å². The van der Waals surface area contributed by atoms with Crippen molar-refractivity contribution in [2.75, 3.05) is 20.2 Å². The molecule has 2 aromatic carbocycles. The van der Waals surface area contributed by atoms with Crippen LogP contribution in [0.4, 0.5) is 0 Å². The van der Waals surface area contributed by atoms with Crippen LogP contribution >= 0.6 is 0 Å². The normalized spacial score (nSPS) is 18.5. The average molecular weight is 401 g/mol. The minimum atomic E-state index is -0.582. The summed E-state index contributed by atoms with van der Waals surface area (Å²) < 4.78 is 5.82. The summed E-state index contributed by atoms with van der Waals surface area (Å²) in [7, 11) is 1.68. The number of hydrogen-bond donors (Lipinski definition) is 1. The highest BCUT2D eigenvalue weighted by atomic mass is 16.5. The van der Waals surface area contributed by atoms with E-state index < -0.39 is 11.1 Å². The van der Waals surface area contributed by atoms with Gasteiger partial charge in [-0.3, -0.25) is 9.59 Å². The fourth-order valence-corrected chi connectivity index (χ4v) is 4.45. The molecule has 1 aromatic heterocycles. The van der Waals surface area contributed by atoms with Gasteiger partial charge in [0.25, 0.3) is 11.8 Å². The van der Waals surface area contributed by atoms with E-state index in [0.29, 0.717) is 24.3 Å². The van der Waals surface area contributed by atoms with Gasteiger partial charge in [-0.25, -0.2) is 4.98 Å². The van der Waals surface area contributed by atoms with Crippen LogP contribution in [0.15, 0.2) is 66.7 Å². The summed E-state index contributed by atoms with van der Waals surface area (Å²) in [5.74, 6) is -0.271. The van der Waals surface area contributed by atoms with Crippen LogP contribution in [-0.4, -0.2) is 53.0 Å². The van der Waals surface area contributed by atoms with Crippen molar-refractivity contribution in [2.45, 2.75) is 24.0 Å². The fourth-order valence-electron chi connectivity index (χ4n) is 4.45. The van der Waals surface area contributed by atoms with E-state index in [0.717, 1.165) is 23.7 Å². The Bertz CT molecular complexity index is 1120. The Kier molecular flexibility index (Phi) is 4.33. The minimum Gasteiger partial charge on any atom is -0.376 e. The van der Waals surface area contributed by atoms with Gasteiger partial charge in [-0.2, -0.15) is 0 Å². The maximum absolute atomic E-state index is 13.1. The first-order valence-corrected chi connectivity index (χ1v) is 10.1. The van der Waals surface area contributed by atoms with Crippen LogP contribution < -0.4 is 5.32 Å². The van der Waals surface area contributed by atoms with Gasteiger partial charge < -0.3 is 15.0 Å². The third-order valence-electron chi connectivity index (χ3n) is 6.38. The van der Waals surface area contributed by atoms with Crippen molar-refractivity contribution in [3.8, 4) is 0 Å². The van der Waals surface area contributed by atoms with Gasteiger partial charge in [-0.05, 0) is 37.1 Å². The quantitative estimate of drug-likeness (QED) is 0.713. The number of fused-ring (bicyclic) bond motifs is 1. The van der Waals surface area contributed by atoms with E-state index in [2.05, 4.69) is 10.3 Å². The Labute approximate surface area is 174 Å². The molecule has 2 aliphatic rings. The highest BCUT2D eigenvalue weighted by molar-refractivity contribution is 5.97. The molecule has 0 atom stereocenters. The number of pyridine rings is 1. The van der Waals surface area contributed by atoms with Gasteiger partial charge in [0, 0.05) is 31.1 Å². The number of methoxy groups -OCH3 is 1. The number of amides is 2. The molecular weight excluding hydrogens is 378 g/mol. The number of ether oxygens (including phenoxy) is 1. The first-order valence-electron chi connectivity index (χ1n) is 10.1. The van der Waals surface area contributed by atoms with Crippen LogP contribution in [-0.2, 0) is 4.74 Å². The Balaban J connectivity index is 1.37. The average Bonchev–Trinajstić information content (AvgIpc) is 3.57. The minimum absolute atomic E-state index is 0.128. The molecule has 1 aliphatic carbocycles. The zero-order valence-electron chi connectivity index (χ0n) is 16.8. The molecular formula is C24H23N3O3. The lowest BCUT2D eigenvalue weighted by molar-refractivity contribution is -0.0710. The molecule has 0 spiro atoms. The number of likely N-dealkylation sites (tertiary alicyclic amines) is 1. The number of aromatic nitrogens is 1. The summed E-state index contributed by atoms with van der Waals surface area (Å²) in [6.07, 6.45) is 1.74. The van der Waals surface area contributed by atoms with Gasteiger partial charge in [-0.1, -0.05) is 42.5 Å². The summed E-state index contributed by atoms with van der Waals surface area (Å²) >= 11 is 0. The SMILES string of the molecule is COC1(C2(NC(=O)c3ccccc3)CN(C(=O)c3ccc4ccccc4n3)C2)CC1. The maximum atomic E-state index is 13.1. The molecule has 6 heteroatoms. The highest BCUT2D eigenvalue weighted by Crippen LogP contribution is 2.51. The largest absolute Gasteiger partial charge is 0.376 e. The molecule has 0 radical (unpaired) electrons. The maximum Gasteiger partial charge on any atom is 0.272 e. The summed E-state index contributed by atoms with van der Waals surface area (Å²) in [6, 6.07) is 20.5. The molecule has 1 aliphatic heterocycles. The van der Waals surface area contributed by atoms with E-state index in [1.54, 1.807) is 30.2 Å². The molecule has 0 bridgehead atoms. The van der Waals surface area contributed by atoms with Crippen LogP contribution in [0.1, 0.15) is 33.7 Å². The first kappa shape index (κ1) is 18.8. The summed E-state index contributed by atoms with van der Waals surface area (Å²) in [4.78, 5) is 32.2. The lowest BCUT2D eigenvalue weighted by atomic mass is 9.80.